The molecule has 2 nitrogen and oxygen atoms in total. The molecular weight excluding hydrogens is 246 g/mol. The average Bonchev–Trinajstić information content (AvgIpc) is 2.43. The fourth-order valence-electron chi connectivity index (χ4n) is 4.35. The Kier molecular flexibility index (Phi) is 6.07. The third-order valence-electron chi connectivity index (χ3n) is 5.61. The summed E-state index contributed by atoms with van der Waals surface area (Å²) in [5.41, 5.74) is 0. The van der Waals surface area contributed by atoms with Crippen molar-refractivity contribution in [3.05, 3.63) is 0 Å². The van der Waals surface area contributed by atoms with Crippen molar-refractivity contribution in [2.24, 2.45) is 17.8 Å². The lowest BCUT2D eigenvalue weighted by atomic mass is 9.78. The molecule has 0 aliphatic heterocycles. The molecule has 0 saturated heterocycles. The lowest BCUT2D eigenvalue weighted by molar-refractivity contribution is -0.126. The van der Waals surface area contributed by atoms with Crippen LogP contribution in [0.2, 0.25) is 0 Å². The Morgan fingerprint density at radius 3 is 2.70 bits per heavy atom. The van der Waals surface area contributed by atoms with Crippen molar-refractivity contribution in [2.45, 2.75) is 77.7 Å². The summed E-state index contributed by atoms with van der Waals surface area (Å²) < 4.78 is 0. The first-order valence-electron chi connectivity index (χ1n) is 8.83. The fraction of sp³-hybridized carbons (Fsp3) is 0.944. The zero-order valence-electron chi connectivity index (χ0n) is 13.7. The van der Waals surface area contributed by atoms with E-state index in [0.717, 1.165) is 43.7 Å². The number of carbonyl (C=O) groups excluding carboxylic acids is 1. The van der Waals surface area contributed by atoms with Crippen LogP contribution < -0.4 is 0 Å². The molecule has 2 fully saturated rings. The SMILES string of the molecule is CCCC1CCC(=O)C(CN(C)C2CCCC(C)C2)C1. The molecule has 116 valence electrons. The number of nitrogens with zero attached hydrogens (tertiary/aromatic N) is 1. The van der Waals surface area contributed by atoms with Crippen LogP contribution >= 0.6 is 0 Å². The van der Waals surface area contributed by atoms with E-state index in [0.29, 0.717) is 11.7 Å². The van der Waals surface area contributed by atoms with E-state index in [2.05, 4.69) is 25.8 Å². The summed E-state index contributed by atoms with van der Waals surface area (Å²) in [6, 6.07) is 0.720. The summed E-state index contributed by atoms with van der Waals surface area (Å²) in [5.74, 6) is 2.53. The van der Waals surface area contributed by atoms with Crippen molar-refractivity contribution in [1.29, 1.82) is 0 Å². The lowest BCUT2D eigenvalue weighted by Gasteiger charge is -2.37. The van der Waals surface area contributed by atoms with Crippen molar-refractivity contribution in [3.8, 4) is 0 Å². The Balaban J connectivity index is 1.85. The van der Waals surface area contributed by atoms with Crippen LogP contribution in [0.5, 0.6) is 0 Å². The van der Waals surface area contributed by atoms with Gasteiger partial charge in [-0.2, -0.15) is 0 Å². The number of hydrogen-bond donors (Lipinski definition) is 0. The van der Waals surface area contributed by atoms with E-state index in [1.165, 1.54) is 38.5 Å². The fourth-order valence-corrected chi connectivity index (χ4v) is 4.35. The van der Waals surface area contributed by atoms with Crippen LogP contribution in [-0.2, 0) is 4.79 Å². The monoisotopic (exact) mass is 279 g/mol. The van der Waals surface area contributed by atoms with Crippen LogP contribution in [0.25, 0.3) is 0 Å². The van der Waals surface area contributed by atoms with Gasteiger partial charge in [0.2, 0.25) is 0 Å². The second kappa shape index (κ2) is 7.59. The Morgan fingerprint density at radius 1 is 1.20 bits per heavy atom. The number of rotatable bonds is 5. The first-order chi connectivity index (χ1) is 9.60. The molecule has 0 aromatic heterocycles. The predicted molar refractivity (Wildman–Crippen MR) is 84.8 cm³/mol. The summed E-state index contributed by atoms with van der Waals surface area (Å²) in [6.07, 6.45) is 11.1. The van der Waals surface area contributed by atoms with Gasteiger partial charge in [0.15, 0.2) is 0 Å². The van der Waals surface area contributed by atoms with E-state index in [-0.39, 0.29) is 0 Å². The zero-order chi connectivity index (χ0) is 14.5. The van der Waals surface area contributed by atoms with Crippen LogP contribution in [0.4, 0.5) is 0 Å². The Hall–Kier alpha value is -0.370. The second-order valence-electron chi connectivity index (χ2n) is 7.46. The quantitative estimate of drug-likeness (QED) is 0.748. The van der Waals surface area contributed by atoms with E-state index >= 15 is 0 Å². The highest BCUT2D eigenvalue weighted by Crippen LogP contribution is 2.32. The normalized spacial score (nSPS) is 35.5. The number of carbonyl (C=O) groups is 1. The van der Waals surface area contributed by atoms with Crippen molar-refractivity contribution in [2.75, 3.05) is 13.6 Å². The molecule has 0 bridgehead atoms. The maximum Gasteiger partial charge on any atom is 0.137 e. The van der Waals surface area contributed by atoms with Gasteiger partial charge >= 0.3 is 0 Å². The third-order valence-corrected chi connectivity index (χ3v) is 5.61. The molecule has 4 unspecified atom stereocenters. The van der Waals surface area contributed by atoms with Gasteiger partial charge in [0.1, 0.15) is 5.78 Å². The molecule has 2 aliphatic carbocycles. The van der Waals surface area contributed by atoms with E-state index in [1.54, 1.807) is 0 Å². The maximum atomic E-state index is 12.2. The highest BCUT2D eigenvalue weighted by Gasteiger charge is 2.31. The number of ketones is 1. The third kappa shape index (κ3) is 4.31. The van der Waals surface area contributed by atoms with Gasteiger partial charge in [-0.15, -0.1) is 0 Å². The summed E-state index contributed by atoms with van der Waals surface area (Å²) in [4.78, 5) is 14.7. The molecule has 0 N–H and O–H groups in total. The minimum atomic E-state index is 0.322. The predicted octanol–water partition coefficient (Wildman–Crippen LogP) is 4.28. The molecule has 4 atom stereocenters. The highest BCUT2D eigenvalue weighted by molar-refractivity contribution is 5.81. The summed E-state index contributed by atoms with van der Waals surface area (Å²) in [7, 11) is 2.25. The minimum Gasteiger partial charge on any atom is -0.303 e. The van der Waals surface area contributed by atoms with Gasteiger partial charge in [-0.1, -0.05) is 39.5 Å². The molecule has 0 aromatic carbocycles. The number of hydrogen-bond acceptors (Lipinski definition) is 2. The topological polar surface area (TPSA) is 20.3 Å². The van der Waals surface area contributed by atoms with E-state index in [1.807, 2.05) is 0 Å². The molecular formula is C18H33NO. The van der Waals surface area contributed by atoms with Crippen molar-refractivity contribution in [1.82, 2.24) is 4.90 Å². The molecule has 2 aliphatic rings. The first-order valence-corrected chi connectivity index (χ1v) is 8.83. The van der Waals surface area contributed by atoms with Gasteiger partial charge in [-0.05, 0) is 44.6 Å². The van der Waals surface area contributed by atoms with Crippen LogP contribution in [0.3, 0.4) is 0 Å². The van der Waals surface area contributed by atoms with Crippen LogP contribution in [0.15, 0.2) is 0 Å². The van der Waals surface area contributed by atoms with E-state index < -0.39 is 0 Å². The molecule has 0 radical (unpaired) electrons. The van der Waals surface area contributed by atoms with Gasteiger partial charge in [0, 0.05) is 24.9 Å². The van der Waals surface area contributed by atoms with E-state index in [9.17, 15) is 4.79 Å². The van der Waals surface area contributed by atoms with Crippen molar-refractivity contribution < 1.29 is 4.79 Å². The van der Waals surface area contributed by atoms with Gasteiger partial charge in [-0.25, -0.2) is 0 Å². The molecule has 20 heavy (non-hydrogen) atoms. The molecule has 0 aromatic rings. The van der Waals surface area contributed by atoms with Gasteiger partial charge in [0.25, 0.3) is 0 Å². The highest BCUT2D eigenvalue weighted by atomic mass is 16.1. The molecule has 2 rings (SSSR count). The standard InChI is InChI=1S/C18H33NO/c1-4-6-15-9-10-18(20)16(12-15)13-19(3)17-8-5-7-14(2)11-17/h14-17H,4-13H2,1-3H3. The summed E-state index contributed by atoms with van der Waals surface area (Å²) in [5, 5.41) is 0. The van der Waals surface area contributed by atoms with E-state index in [4.69, 9.17) is 0 Å². The van der Waals surface area contributed by atoms with Crippen LogP contribution in [0.1, 0.15) is 71.6 Å². The average molecular weight is 279 g/mol. The Bertz CT molecular complexity index is 315. The molecule has 0 heterocycles. The smallest absolute Gasteiger partial charge is 0.137 e. The van der Waals surface area contributed by atoms with Crippen LogP contribution in [-0.4, -0.2) is 30.3 Å². The largest absolute Gasteiger partial charge is 0.303 e. The van der Waals surface area contributed by atoms with Crippen LogP contribution in [0, 0.1) is 17.8 Å². The molecule has 2 saturated carbocycles. The molecule has 0 spiro atoms. The Morgan fingerprint density at radius 2 is 2.00 bits per heavy atom. The van der Waals surface area contributed by atoms with Gasteiger partial charge in [0.05, 0.1) is 0 Å². The van der Waals surface area contributed by atoms with Crippen molar-refractivity contribution in [3.63, 3.8) is 0 Å². The Labute approximate surface area is 125 Å². The second-order valence-corrected chi connectivity index (χ2v) is 7.46. The summed E-state index contributed by atoms with van der Waals surface area (Å²) in [6.45, 7) is 5.65. The van der Waals surface area contributed by atoms with Gasteiger partial charge < -0.3 is 4.90 Å². The first kappa shape index (κ1) is 16.0. The summed E-state index contributed by atoms with van der Waals surface area (Å²) >= 11 is 0. The lowest BCUT2D eigenvalue weighted by Crippen LogP contribution is -2.41. The molecule has 0 amide bonds. The zero-order valence-corrected chi connectivity index (χ0v) is 13.7. The van der Waals surface area contributed by atoms with Crippen molar-refractivity contribution >= 4 is 5.78 Å². The molecule has 2 heteroatoms. The number of Topliss-reactive ketones (excluding diaryl/α,β-unsaturated/α-hetero) is 1. The maximum absolute atomic E-state index is 12.2. The minimum absolute atomic E-state index is 0.322. The van der Waals surface area contributed by atoms with Gasteiger partial charge in [-0.3, -0.25) is 4.79 Å².